The third-order valence-corrected chi connectivity index (χ3v) is 1.87. The Balaban J connectivity index is 2.73. The second kappa shape index (κ2) is 3.42. The number of carbonyl (C=O) groups is 2. The SMILES string of the molecule is CN1CC/C(=N/N(C)C(N)=O)C1=O. The lowest BCUT2D eigenvalue weighted by atomic mass is 10.3. The highest BCUT2D eigenvalue weighted by molar-refractivity contribution is 6.40. The van der Waals surface area contributed by atoms with Gasteiger partial charge < -0.3 is 10.6 Å². The summed E-state index contributed by atoms with van der Waals surface area (Å²) in [6, 6.07) is -0.671. The van der Waals surface area contributed by atoms with E-state index in [1.54, 1.807) is 11.9 Å². The Labute approximate surface area is 76.0 Å². The predicted octanol–water partition coefficient (Wildman–Crippen LogP) is -0.785. The van der Waals surface area contributed by atoms with E-state index in [1.165, 1.54) is 7.05 Å². The first kappa shape index (κ1) is 9.50. The summed E-state index contributed by atoms with van der Waals surface area (Å²) in [6.07, 6.45) is 0.562. The van der Waals surface area contributed by atoms with Crippen LogP contribution >= 0.6 is 0 Å². The Morgan fingerprint density at radius 2 is 2.31 bits per heavy atom. The van der Waals surface area contributed by atoms with Gasteiger partial charge in [-0.3, -0.25) is 4.79 Å². The fourth-order valence-corrected chi connectivity index (χ4v) is 1.03. The van der Waals surface area contributed by atoms with E-state index < -0.39 is 6.03 Å². The molecule has 3 amide bonds. The van der Waals surface area contributed by atoms with E-state index in [4.69, 9.17) is 5.73 Å². The highest BCUT2D eigenvalue weighted by Gasteiger charge is 2.25. The van der Waals surface area contributed by atoms with Gasteiger partial charge in [0.25, 0.3) is 5.91 Å². The van der Waals surface area contributed by atoms with Gasteiger partial charge in [-0.1, -0.05) is 0 Å². The van der Waals surface area contributed by atoms with Crippen molar-refractivity contribution >= 4 is 17.6 Å². The van der Waals surface area contributed by atoms with Crippen molar-refractivity contribution < 1.29 is 9.59 Å². The van der Waals surface area contributed by atoms with Gasteiger partial charge in [-0.2, -0.15) is 5.10 Å². The zero-order valence-electron chi connectivity index (χ0n) is 7.65. The van der Waals surface area contributed by atoms with E-state index >= 15 is 0 Å². The molecule has 0 saturated carbocycles. The number of likely N-dealkylation sites (tertiary alicyclic amines) is 1. The second-order valence-electron chi connectivity index (χ2n) is 2.89. The summed E-state index contributed by atoms with van der Waals surface area (Å²) < 4.78 is 0. The normalized spacial score (nSPS) is 19.7. The van der Waals surface area contributed by atoms with Gasteiger partial charge in [-0.25, -0.2) is 9.80 Å². The maximum absolute atomic E-state index is 11.3. The van der Waals surface area contributed by atoms with Gasteiger partial charge in [0.05, 0.1) is 0 Å². The minimum Gasteiger partial charge on any atom is -0.350 e. The standard InChI is InChI=1S/C7H12N4O2/c1-10-4-3-5(6(10)12)9-11(2)7(8)13/h3-4H2,1-2H3,(H2,8,13)/b9-5-. The van der Waals surface area contributed by atoms with E-state index in [0.717, 1.165) is 5.01 Å². The quantitative estimate of drug-likeness (QED) is 0.542. The number of primary amides is 1. The van der Waals surface area contributed by atoms with E-state index in [0.29, 0.717) is 18.7 Å². The topological polar surface area (TPSA) is 79.0 Å². The average Bonchev–Trinajstić information content (AvgIpc) is 2.36. The molecule has 0 aromatic heterocycles. The van der Waals surface area contributed by atoms with Crippen LogP contribution in [-0.2, 0) is 4.79 Å². The summed E-state index contributed by atoms with van der Waals surface area (Å²) in [5.74, 6) is -0.145. The highest BCUT2D eigenvalue weighted by Crippen LogP contribution is 2.05. The lowest BCUT2D eigenvalue weighted by Crippen LogP contribution is -2.30. The van der Waals surface area contributed by atoms with Crippen molar-refractivity contribution in [2.75, 3.05) is 20.6 Å². The Bertz CT molecular complexity index is 274. The summed E-state index contributed by atoms with van der Waals surface area (Å²) in [7, 11) is 3.11. The van der Waals surface area contributed by atoms with E-state index in [1.807, 2.05) is 0 Å². The summed E-state index contributed by atoms with van der Waals surface area (Å²) >= 11 is 0. The fraction of sp³-hybridized carbons (Fsp3) is 0.571. The average molecular weight is 184 g/mol. The summed E-state index contributed by atoms with van der Waals surface area (Å²) in [6.45, 7) is 0.643. The van der Waals surface area contributed by atoms with Crippen LogP contribution < -0.4 is 5.73 Å². The van der Waals surface area contributed by atoms with Gasteiger partial charge in [0.15, 0.2) is 0 Å². The van der Waals surface area contributed by atoms with Gasteiger partial charge >= 0.3 is 6.03 Å². The monoisotopic (exact) mass is 184 g/mol. The largest absolute Gasteiger partial charge is 0.350 e. The molecule has 1 heterocycles. The van der Waals surface area contributed by atoms with E-state index in [9.17, 15) is 9.59 Å². The molecule has 1 saturated heterocycles. The Kier molecular flexibility index (Phi) is 2.50. The van der Waals surface area contributed by atoms with E-state index in [-0.39, 0.29) is 5.91 Å². The number of urea groups is 1. The van der Waals surface area contributed by atoms with Crippen LogP contribution in [0.2, 0.25) is 0 Å². The van der Waals surface area contributed by atoms with Crippen LogP contribution in [0, 0.1) is 0 Å². The van der Waals surface area contributed by atoms with Crippen LogP contribution in [0.1, 0.15) is 6.42 Å². The number of hydrogen-bond acceptors (Lipinski definition) is 3. The molecule has 1 aliphatic heterocycles. The molecule has 1 fully saturated rings. The van der Waals surface area contributed by atoms with Crippen LogP contribution in [-0.4, -0.2) is 48.2 Å². The first-order valence-electron chi connectivity index (χ1n) is 3.88. The number of amides is 3. The molecule has 0 spiro atoms. The summed E-state index contributed by atoms with van der Waals surface area (Å²) in [4.78, 5) is 23.4. The molecule has 0 aliphatic carbocycles. The molecule has 1 rings (SSSR count). The third-order valence-electron chi connectivity index (χ3n) is 1.87. The van der Waals surface area contributed by atoms with Crippen molar-refractivity contribution in [1.82, 2.24) is 9.91 Å². The molecule has 6 nitrogen and oxygen atoms in total. The van der Waals surface area contributed by atoms with Gasteiger partial charge in [-0.05, 0) is 0 Å². The molecular weight excluding hydrogens is 172 g/mol. The lowest BCUT2D eigenvalue weighted by molar-refractivity contribution is -0.121. The first-order valence-corrected chi connectivity index (χ1v) is 3.88. The van der Waals surface area contributed by atoms with Crippen molar-refractivity contribution in [1.29, 1.82) is 0 Å². The Morgan fingerprint density at radius 3 is 2.69 bits per heavy atom. The Morgan fingerprint density at radius 1 is 1.69 bits per heavy atom. The zero-order chi connectivity index (χ0) is 10.0. The smallest absolute Gasteiger partial charge is 0.334 e. The highest BCUT2D eigenvalue weighted by atomic mass is 16.2. The van der Waals surface area contributed by atoms with Gasteiger partial charge in [-0.15, -0.1) is 0 Å². The molecule has 0 aromatic carbocycles. The van der Waals surface area contributed by atoms with Crippen LogP contribution in [0.5, 0.6) is 0 Å². The molecule has 0 aromatic rings. The van der Waals surface area contributed by atoms with Crippen LogP contribution in [0.3, 0.4) is 0 Å². The molecule has 6 heteroatoms. The molecule has 0 radical (unpaired) electrons. The first-order chi connectivity index (χ1) is 6.02. The van der Waals surface area contributed by atoms with Crippen LogP contribution in [0.15, 0.2) is 5.10 Å². The summed E-state index contributed by atoms with van der Waals surface area (Å²) in [5, 5.41) is 4.76. The van der Waals surface area contributed by atoms with E-state index in [2.05, 4.69) is 5.10 Å². The molecule has 0 atom stereocenters. The molecule has 2 N–H and O–H groups in total. The van der Waals surface area contributed by atoms with Crippen molar-refractivity contribution in [2.45, 2.75) is 6.42 Å². The predicted molar refractivity (Wildman–Crippen MR) is 47.0 cm³/mol. The van der Waals surface area contributed by atoms with Gasteiger partial charge in [0.2, 0.25) is 0 Å². The minimum absolute atomic E-state index is 0.145. The number of nitrogens with zero attached hydrogens (tertiary/aromatic N) is 3. The maximum Gasteiger partial charge on any atom is 0.334 e. The molecule has 1 aliphatic rings. The van der Waals surface area contributed by atoms with Crippen molar-refractivity contribution in [2.24, 2.45) is 10.8 Å². The van der Waals surface area contributed by atoms with Gasteiger partial charge in [0, 0.05) is 27.1 Å². The molecule has 72 valence electrons. The molecule has 0 bridgehead atoms. The maximum atomic E-state index is 11.3. The second-order valence-corrected chi connectivity index (χ2v) is 2.89. The van der Waals surface area contributed by atoms with Crippen molar-refractivity contribution in [3.8, 4) is 0 Å². The number of hydrazone groups is 1. The molecular formula is C7H12N4O2. The fourth-order valence-electron chi connectivity index (χ4n) is 1.03. The van der Waals surface area contributed by atoms with Crippen LogP contribution in [0.25, 0.3) is 0 Å². The molecule has 0 unspecified atom stereocenters. The number of hydrogen-bond donors (Lipinski definition) is 1. The molecule has 13 heavy (non-hydrogen) atoms. The third kappa shape index (κ3) is 1.95. The lowest BCUT2D eigenvalue weighted by Gasteiger charge is -2.08. The number of rotatable bonds is 1. The van der Waals surface area contributed by atoms with Crippen molar-refractivity contribution in [3.05, 3.63) is 0 Å². The Hall–Kier alpha value is -1.59. The minimum atomic E-state index is -0.671. The van der Waals surface area contributed by atoms with Crippen molar-refractivity contribution in [3.63, 3.8) is 0 Å². The zero-order valence-corrected chi connectivity index (χ0v) is 7.65. The number of carbonyl (C=O) groups excluding carboxylic acids is 2. The van der Waals surface area contributed by atoms with Gasteiger partial charge in [0.1, 0.15) is 5.71 Å². The summed E-state index contributed by atoms with van der Waals surface area (Å²) in [5.41, 5.74) is 5.33. The van der Waals surface area contributed by atoms with Crippen LogP contribution in [0.4, 0.5) is 4.79 Å². The number of nitrogens with two attached hydrogens (primary N) is 1.